The van der Waals surface area contributed by atoms with Gasteiger partial charge in [0.15, 0.2) is 11.5 Å². The zero-order chi connectivity index (χ0) is 18.8. The maximum Gasteiger partial charge on any atom is 0.231 e. The van der Waals surface area contributed by atoms with Crippen LogP contribution in [0.4, 0.5) is 5.82 Å². The molecule has 0 atom stereocenters. The third kappa shape index (κ3) is 3.34. The predicted molar refractivity (Wildman–Crippen MR) is 110 cm³/mol. The van der Waals surface area contributed by atoms with Crippen LogP contribution < -0.4 is 14.8 Å². The van der Waals surface area contributed by atoms with E-state index < -0.39 is 0 Å². The van der Waals surface area contributed by atoms with Gasteiger partial charge in [-0.15, -0.1) is 0 Å². The summed E-state index contributed by atoms with van der Waals surface area (Å²) in [6.45, 7) is 0.944. The minimum absolute atomic E-state index is 0.287. The van der Waals surface area contributed by atoms with Gasteiger partial charge in [0.2, 0.25) is 6.79 Å². The second kappa shape index (κ2) is 7.40. The number of pyridine rings is 2. The molecule has 0 fully saturated rings. The third-order valence-electron chi connectivity index (χ3n) is 4.53. The minimum atomic E-state index is 0.287. The van der Waals surface area contributed by atoms with Gasteiger partial charge < -0.3 is 14.8 Å². The van der Waals surface area contributed by atoms with Crippen molar-refractivity contribution >= 4 is 28.4 Å². The lowest BCUT2D eigenvalue weighted by atomic mass is 10.1. The van der Waals surface area contributed by atoms with Crippen molar-refractivity contribution in [2.24, 2.45) is 0 Å². The van der Waals surface area contributed by atoms with Gasteiger partial charge in [-0.2, -0.15) is 0 Å². The Balaban J connectivity index is 1.41. The minimum Gasteiger partial charge on any atom is -0.454 e. The van der Waals surface area contributed by atoms with E-state index in [1.54, 1.807) is 24.2 Å². The second-order valence-electron chi connectivity index (χ2n) is 6.34. The molecule has 0 amide bonds. The van der Waals surface area contributed by atoms with Crippen LogP contribution >= 0.6 is 11.8 Å². The normalized spacial score (nSPS) is 12.3. The van der Waals surface area contributed by atoms with Gasteiger partial charge in [0.25, 0.3) is 0 Å². The van der Waals surface area contributed by atoms with Crippen molar-refractivity contribution in [3.8, 4) is 11.5 Å². The Morgan fingerprint density at radius 2 is 1.75 bits per heavy atom. The first-order valence-electron chi connectivity index (χ1n) is 8.95. The van der Waals surface area contributed by atoms with Crippen molar-refractivity contribution in [1.82, 2.24) is 9.97 Å². The lowest BCUT2D eigenvalue weighted by molar-refractivity contribution is 0.174. The van der Waals surface area contributed by atoms with Crippen molar-refractivity contribution in [1.29, 1.82) is 0 Å². The van der Waals surface area contributed by atoms with Crippen LogP contribution in [0, 0.1) is 0 Å². The Bertz CT molecular complexity index is 1140. The molecule has 2 aromatic heterocycles. The Labute approximate surface area is 166 Å². The molecule has 0 saturated carbocycles. The number of fused-ring (bicyclic) bond motifs is 2. The van der Waals surface area contributed by atoms with Gasteiger partial charge in [-0.25, -0.2) is 4.98 Å². The number of anilines is 1. The quantitative estimate of drug-likeness (QED) is 0.513. The molecule has 3 heterocycles. The number of benzene rings is 2. The highest BCUT2D eigenvalue weighted by Crippen LogP contribution is 2.36. The molecular weight excluding hydrogens is 370 g/mol. The van der Waals surface area contributed by atoms with Crippen LogP contribution in [0.25, 0.3) is 10.8 Å². The van der Waals surface area contributed by atoms with Crippen molar-refractivity contribution in [3.63, 3.8) is 0 Å². The van der Waals surface area contributed by atoms with Crippen molar-refractivity contribution in [3.05, 3.63) is 78.8 Å². The fourth-order valence-corrected chi connectivity index (χ4v) is 4.06. The summed E-state index contributed by atoms with van der Waals surface area (Å²) in [5.41, 5.74) is 1.12. The highest BCUT2D eigenvalue weighted by molar-refractivity contribution is 7.99. The van der Waals surface area contributed by atoms with Crippen molar-refractivity contribution in [2.45, 2.75) is 16.3 Å². The van der Waals surface area contributed by atoms with E-state index >= 15 is 0 Å². The molecule has 5 nitrogen and oxygen atoms in total. The number of ether oxygens (including phenoxy) is 2. The smallest absolute Gasteiger partial charge is 0.231 e. The first-order chi connectivity index (χ1) is 13.9. The zero-order valence-electron chi connectivity index (χ0n) is 15.0. The highest BCUT2D eigenvalue weighted by atomic mass is 32.2. The molecule has 0 aliphatic carbocycles. The van der Waals surface area contributed by atoms with Crippen LogP contribution in [0.1, 0.15) is 5.56 Å². The number of nitrogens with zero attached hydrogens (tertiary/aromatic N) is 2. The van der Waals surface area contributed by atoms with Crippen LogP contribution in [0.5, 0.6) is 11.5 Å². The number of aromatic nitrogens is 2. The zero-order valence-corrected chi connectivity index (χ0v) is 15.8. The van der Waals surface area contributed by atoms with Gasteiger partial charge in [0.05, 0.1) is 0 Å². The molecule has 0 unspecified atom stereocenters. The molecule has 0 bridgehead atoms. The van der Waals surface area contributed by atoms with Gasteiger partial charge in [0.1, 0.15) is 5.82 Å². The van der Waals surface area contributed by atoms with Crippen LogP contribution in [0.2, 0.25) is 0 Å². The molecule has 6 heteroatoms. The maximum atomic E-state index is 5.46. The summed E-state index contributed by atoms with van der Waals surface area (Å²) >= 11 is 1.69. The van der Waals surface area contributed by atoms with Gasteiger partial charge >= 0.3 is 0 Å². The molecule has 138 valence electrons. The molecule has 2 aromatic carbocycles. The van der Waals surface area contributed by atoms with E-state index in [2.05, 4.69) is 33.5 Å². The maximum absolute atomic E-state index is 5.46. The van der Waals surface area contributed by atoms with Crippen molar-refractivity contribution in [2.75, 3.05) is 12.1 Å². The fourth-order valence-electron chi connectivity index (χ4n) is 3.16. The molecule has 4 aromatic rings. The Morgan fingerprint density at radius 3 is 2.64 bits per heavy atom. The Hall–Kier alpha value is -3.25. The Kier molecular flexibility index (Phi) is 4.47. The fraction of sp³-hybridized carbons (Fsp3) is 0.0909. The molecule has 0 spiro atoms. The van der Waals surface area contributed by atoms with Gasteiger partial charge in [0, 0.05) is 45.7 Å². The summed E-state index contributed by atoms with van der Waals surface area (Å²) in [6.07, 6.45) is 5.54. The Morgan fingerprint density at radius 1 is 0.929 bits per heavy atom. The largest absolute Gasteiger partial charge is 0.454 e. The van der Waals surface area contributed by atoms with E-state index in [1.165, 1.54) is 5.39 Å². The van der Waals surface area contributed by atoms with E-state index in [9.17, 15) is 0 Å². The first-order valence-corrected chi connectivity index (χ1v) is 9.76. The lowest BCUT2D eigenvalue weighted by Crippen LogP contribution is -2.02. The standard InChI is InChI=1S/C22H17N3O2S/c1-2-4-18-17(3-1)21(28-16-7-9-23-10-8-16)13-25-22(18)24-12-15-5-6-19-20(11-15)27-14-26-19/h1-11,13H,12,14H2,(H,24,25). The summed E-state index contributed by atoms with van der Waals surface area (Å²) in [5.74, 6) is 2.46. The number of rotatable bonds is 5. The molecule has 28 heavy (non-hydrogen) atoms. The van der Waals surface area contributed by atoms with E-state index in [0.717, 1.165) is 38.1 Å². The summed E-state index contributed by atoms with van der Waals surface area (Å²) in [4.78, 5) is 11.0. The van der Waals surface area contributed by atoms with Gasteiger partial charge in [-0.1, -0.05) is 42.1 Å². The molecule has 1 aliphatic heterocycles. The summed E-state index contributed by atoms with van der Waals surface area (Å²) in [6, 6.07) is 18.3. The monoisotopic (exact) mass is 387 g/mol. The van der Waals surface area contributed by atoms with E-state index in [-0.39, 0.29) is 6.79 Å². The predicted octanol–water partition coefficient (Wildman–Crippen LogP) is 5.12. The molecular formula is C22H17N3O2S. The van der Waals surface area contributed by atoms with Crippen molar-refractivity contribution < 1.29 is 9.47 Å². The second-order valence-corrected chi connectivity index (χ2v) is 7.46. The van der Waals surface area contributed by atoms with Crippen LogP contribution in [-0.2, 0) is 6.54 Å². The summed E-state index contributed by atoms with van der Waals surface area (Å²) in [7, 11) is 0. The third-order valence-corrected chi connectivity index (χ3v) is 5.59. The number of hydrogen-bond donors (Lipinski definition) is 1. The van der Waals surface area contributed by atoms with E-state index in [1.807, 2.05) is 42.6 Å². The summed E-state index contributed by atoms with van der Waals surface area (Å²) < 4.78 is 10.8. The van der Waals surface area contributed by atoms with E-state index in [0.29, 0.717) is 6.54 Å². The number of nitrogens with one attached hydrogen (secondary N) is 1. The highest BCUT2D eigenvalue weighted by Gasteiger charge is 2.14. The number of hydrogen-bond acceptors (Lipinski definition) is 6. The molecule has 1 N–H and O–H groups in total. The molecule has 0 saturated heterocycles. The first kappa shape index (κ1) is 16.9. The SMILES string of the molecule is c1ccc2c(NCc3ccc4c(c3)OCO4)ncc(Sc3ccncc3)c2c1. The van der Waals surface area contributed by atoms with Gasteiger partial charge in [-0.3, -0.25) is 4.98 Å². The van der Waals surface area contributed by atoms with E-state index in [4.69, 9.17) is 9.47 Å². The summed E-state index contributed by atoms with van der Waals surface area (Å²) in [5, 5.41) is 5.73. The van der Waals surface area contributed by atoms with Crippen LogP contribution in [0.3, 0.4) is 0 Å². The molecule has 1 aliphatic rings. The van der Waals surface area contributed by atoms with Gasteiger partial charge in [-0.05, 0) is 29.8 Å². The average Bonchev–Trinajstić information content (AvgIpc) is 3.22. The van der Waals surface area contributed by atoms with Crippen LogP contribution in [0.15, 0.2) is 83.0 Å². The van der Waals surface area contributed by atoms with Crippen LogP contribution in [-0.4, -0.2) is 16.8 Å². The molecule has 0 radical (unpaired) electrons. The molecule has 5 rings (SSSR count). The topological polar surface area (TPSA) is 56.3 Å². The lowest BCUT2D eigenvalue weighted by Gasteiger charge is -2.12. The average molecular weight is 387 g/mol.